The third-order valence-electron chi connectivity index (χ3n) is 10.0. The van der Waals surface area contributed by atoms with Crippen molar-refractivity contribution in [2.75, 3.05) is 6.54 Å². The van der Waals surface area contributed by atoms with E-state index in [9.17, 15) is 24.0 Å². The molecule has 1 spiro atoms. The Balaban J connectivity index is 1.38. The monoisotopic (exact) mass is 713 g/mol. The number of ether oxygens (including phenoxy) is 1. The molecule has 1 saturated carbocycles. The lowest BCUT2D eigenvalue weighted by atomic mass is 9.84. The third kappa shape index (κ3) is 9.23. The first kappa shape index (κ1) is 37.7. The highest BCUT2D eigenvalue weighted by molar-refractivity contribution is 6.38. The van der Waals surface area contributed by atoms with Crippen molar-refractivity contribution in [2.45, 2.75) is 141 Å². The Morgan fingerprint density at radius 3 is 2.40 bits per heavy atom. The summed E-state index contributed by atoms with van der Waals surface area (Å²) in [5, 5.41) is 13.4. The first-order valence-corrected chi connectivity index (χ1v) is 18.4. The molecule has 0 aromatic heterocycles. The summed E-state index contributed by atoms with van der Waals surface area (Å²) < 4.78 is 5.85. The second-order valence-corrected chi connectivity index (χ2v) is 16.2. The van der Waals surface area contributed by atoms with E-state index >= 15 is 0 Å². The highest BCUT2D eigenvalue weighted by Gasteiger charge is 2.55. The standard InChI is InChI=1S/C37H52ClN5O7/c1-7-9-27(31(45)34(47)39-26-12-13-26)40-33(46)29-19-37(18-28(42-50-37)24-10-8-11-25(38)17-24)20-43(29)35(48)32(36(4,5)6)41-30(44)16-23-14-21(2)49-22(3)15-23/h8,10-11,17,21-23,26-27,29,32H,7,9,12-16,18-20H2,1-6H3,(H,39,47)(H,40,46)(H,41,44)/t21-,22-,27+,29+,32-,37-/m1/s1. The molecule has 1 aromatic rings. The van der Waals surface area contributed by atoms with Crippen LogP contribution in [0.1, 0.15) is 105 Å². The number of Topliss-reactive ketones (excluding diaryl/α,β-unsaturated/α-hetero) is 1. The van der Waals surface area contributed by atoms with Crippen LogP contribution in [0.3, 0.4) is 0 Å². The molecule has 4 amide bonds. The molecule has 3 aliphatic heterocycles. The van der Waals surface area contributed by atoms with Gasteiger partial charge in [-0.3, -0.25) is 24.0 Å². The van der Waals surface area contributed by atoms with Crippen LogP contribution in [0, 0.1) is 11.3 Å². The average molecular weight is 714 g/mol. The van der Waals surface area contributed by atoms with Crippen LogP contribution in [0.15, 0.2) is 29.4 Å². The summed E-state index contributed by atoms with van der Waals surface area (Å²) in [5.74, 6) is -2.54. The Morgan fingerprint density at radius 2 is 1.78 bits per heavy atom. The van der Waals surface area contributed by atoms with Gasteiger partial charge in [-0.15, -0.1) is 0 Å². The van der Waals surface area contributed by atoms with Crippen LogP contribution < -0.4 is 16.0 Å². The second kappa shape index (κ2) is 15.4. The van der Waals surface area contributed by atoms with Crippen molar-refractivity contribution in [3.63, 3.8) is 0 Å². The van der Waals surface area contributed by atoms with Gasteiger partial charge in [-0.2, -0.15) is 0 Å². The molecule has 4 aliphatic rings. The van der Waals surface area contributed by atoms with Crippen molar-refractivity contribution >= 4 is 46.7 Å². The van der Waals surface area contributed by atoms with Gasteiger partial charge in [-0.1, -0.05) is 63.0 Å². The summed E-state index contributed by atoms with van der Waals surface area (Å²) in [4.78, 5) is 75.7. The molecule has 13 heteroatoms. The number of halogens is 1. The summed E-state index contributed by atoms with van der Waals surface area (Å²) in [5.41, 5.74) is -0.325. The number of oxime groups is 1. The molecule has 6 atom stereocenters. The number of nitrogens with one attached hydrogen (secondary N) is 3. The fraction of sp³-hybridized carbons (Fsp3) is 0.676. The van der Waals surface area contributed by atoms with Gasteiger partial charge in [0, 0.05) is 35.9 Å². The molecular formula is C37H52ClN5O7. The number of amides is 4. The van der Waals surface area contributed by atoms with Gasteiger partial charge in [-0.25, -0.2) is 0 Å². The summed E-state index contributed by atoms with van der Waals surface area (Å²) in [6, 6.07) is 4.16. The van der Waals surface area contributed by atoms with Crippen LogP contribution in [0.2, 0.25) is 5.02 Å². The zero-order valence-electron chi connectivity index (χ0n) is 30.1. The zero-order chi connectivity index (χ0) is 36.4. The number of hydrogen-bond acceptors (Lipinski definition) is 8. The van der Waals surface area contributed by atoms with Gasteiger partial charge in [-0.05, 0) is 69.4 Å². The van der Waals surface area contributed by atoms with E-state index in [-0.39, 0.29) is 55.9 Å². The number of benzene rings is 1. The van der Waals surface area contributed by atoms with Crippen LogP contribution >= 0.6 is 11.6 Å². The van der Waals surface area contributed by atoms with E-state index in [0.29, 0.717) is 23.6 Å². The summed E-state index contributed by atoms with van der Waals surface area (Å²) in [6.07, 6.45) is 4.73. The molecule has 1 aliphatic carbocycles. The molecule has 1 aromatic carbocycles. The number of carbonyl (C=O) groups is 5. The molecule has 3 N–H and O–H groups in total. The molecule has 0 radical (unpaired) electrons. The summed E-state index contributed by atoms with van der Waals surface area (Å²) >= 11 is 6.25. The quantitative estimate of drug-likeness (QED) is 0.276. The molecule has 50 heavy (non-hydrogen) atoms. The Labute approximate surface area is 299 Å². The lowest BCUT2D eigenvalue weighted by Crippen LogP contribution is -2.59. The molecule has 12 nitrogen and oxygen atoms in total. The molecule has 5 rings (SSSR count). The zero-order valence-corrected chi connectivity index (χ0v) is 30.8. The topological polar surface area (TPSA) is 156 Å². The van der Waals surface area contributed by atoms with Crippen molar-refractivity contribution in [2.24, 2.45) is 16.5 Å². The van der Waals surface area contributed by atoms with E-state index in [4.69, 9.17) is 21.2 Å². The van der Waals surface area contributed by atoms with E-state index < -0.39 is 52.6 Å². The number of nitrogens with zero attached hydrogens (tertiary/aromatic N) is 2. The molecule has 3 heterocycles. The van der Waals surface area contributed by atoms with E-state index in [2.05, 4.69) is 21.1 Å². The third-order valence-corrected chi connectivity index (χ3v) is 10.3. The normalized spacial score (nSPS) is 27.6. The average Bonchev–Trinajstić information content (AvgIpc) is 3.62. The van der Waals surface area contributed by atoms with Gasteiger partial charge in [0.05, 0.1) is 30.5 Å². The van der Waals surface area contributed by atoms with Gasteiger partial charge in [0.2, 0.25) is 23.5 Å². The van der Waals surface area contributed by atoms with Gasteiger partial charge in [0.1, 0.15) is 12.1 Å². The number of rotatable bonds is 12. The van der Waals surface area contributed by atoms with Crippen LogP contribution in [-0.2, 0) is 33.5 Å². The van der Waals surface area contributed by atoms with Crippen molar-refractivity contribution in [1.82, 2.24) is 20.9 Å². The largest absolute Gasteiger partial charge is 0.387 e. The van der Waals surface area contributed by atoms with E-state index in [1.54, 1.807) is 12.1 Å². The van der Waals surface area contributed by atoms with Crippen molar-refractivity contribution in [1.29, 1.82) is 0 Å². The Morgan fingerprint density at radius 1 is 1.08 bits per heavy atom. The minimum absolute atomic E-state index is 0.0109. The van der Waals surface area contributed by atoms with Gasteiger partial charge < -0.3 is 30.4 Å². The maximum atomic E-state index is 14.6. The van der Waals surface area contributed by atoms with E-state index in [1.807, 2.05) is 53.7 Å². The molecule has 2 saturated heterocycles. The van der Waals surface area contributed by atoms with Crippen LogP contribution in [0.4, 0.5) is 0 Å². The van der Waals surface area contributed by atoms with Crippen LogP contribution in [0.25, 0.3) is 0 Å². The molecule has 274 valence electrons. The van der Waals surface area contributed by atoms with Crippen molar-refractivity contribution < 1.29 is 33.5 Å². The second-order valence-electron chi connectivity index (χ2n) is 15.8. The SMILES string of the molecule is CCC[C@H](NC(=O)[C@@H]1C[C@]2(CC(c3cccc(Cl)c3)=NO2)CN1C(=O)[C@@H](NC(=O)CC1C[C@@H](C)O[C@H](C)C1)C(C)(C)C)C(=O)C(=O)NC1CC1. The highest BCUT2D eigenvalue weighted by Crippen LogP contribution is 2.40. The fourth-order valence-electron chi connectivity index (χ4n) is 7.43. The summed E-state index contributed by atoms with van der Waals surface area (Å²) in [6.45, 7) is 11.5. The summed E-state index contributed by atoms with van der Waals surface area (Å²) in [7, 11) is 0. The van der Waals surface area contributed by atoms with Gasteiger partial charge in [0.15, 0.2) is 5.60 Å². The highest BCUT2D eigenvalue weighted by atomic mass is 35.5. The first-order valence-electron chi connectivity index (χ1n) is 18.0. The smallest absolute Gasteiger partial charge is 0.289 e. The predicted octanol–water partition coefficient (Wildman–Crippen LogP) is 4.06. The molecule has 0 bridgehead atoms. The van der Waals surface area contributed by atoms with Gasteiger partial charge >= 0.3 is 0 Å². The minimum Gasteiger partial charge on any atom is -0.387 e. The maximum Gasteiger partial charge on any atom is 0.289 e. The first-order chi connectivity index (χ1) is 23.6. The van der Waals surface area contributed by atoms with E-state index in [0.717, 1.165) is 31.2 Å². The Bertz CT molecular complexity index is 1500. The number of likely N-dealkylation sites (tertiary alicyclic amines) is 1. The molecular weight excluding hydrogens is 662 g/mol. The number of ketones is 1. The Hall–Kier alpha value is -3.51. The van der Waals surface area contributed by atoms with Crippen LogP contribution in [-0.4, -0.2) is 88.5 Å². The van der Waals surface area contributed by atoms with E-state index in [1.165, 1.54) is 4.90 Å². The van der Waals surface area contributed by atoms with Gasteiger partial charge in [0.25, 0.3) is 5.91 Å². The van der Waals surface area contributed by atoms with Crippen molar-refractivity contribution in [3.8, 4) is 0 Å². The maximum absolute atomic E-state index is 14.6. The number of hydrogen-bond donors (Lipinski definition) is 3. The number of carbonyl (C=O) groups excluding carboxylic acids is 5. The minimum atomic E-state index is -1.05. The predicted molar refractivity (Wildman–Crippen MR) is 188 cm³/mol. The lowest BCUT2D eigenvalue weighted by molar-refractivity contribution is -0.145. The lowest BCUT2D eigenvalue weighted by Gasteiger charge is -2.36. The fourth-order valence-corrected chi connectivity index (χ4v) is 7.62. The molecule has 3 fully saturated rings. The van der Waals surface area contributed by atoms with Crippen LogP contribution in [0.5, 0.6) is 0 Å². The molecule has 0 unspecified atom stereocenters. The Kier molecular flexibility index (Phi) is 11.6. The van der Waals surface area contributed by atoms with Crippen molar-refractivity contribution in [3.05, 3.63) is 34.9 Å².